The van der Waals surface area contributed by atoms with E-state index in [1.807, 2.05) is 70.3 Å². The minimum atomic E-state index is -2.51. The number of carbonyl (C=O) groups is 4. The quantitative estimate of drug-likeness (QED) is 0.120. The number of esters is 1. The molecule has 1 aromatic heterocycles. The van der Waals surface area contributed by atoms with Crippen molar-refractivity contribution in [3.05, 3.63) is 65.7 Å². The van der Waals surface area contributed by atoms with Gasteiger partial charge in [0.1, 0.15) is 36.0 Å². The van der Waals surface area contributed by atoms with E-state index in [1.54, 1.807) is 21.0 Å². The van der Waals surface area contributed by atoms with Crippen molar-refractivity contribution in [3.8, 4) is 11.3 Å². The molecule has 15 atom stereocenters. The number of aliphatic hydroxyl groups is 2. The summed E-state index contributed by atoms with van der Waals surface area (Å²) < 4.78 is 37.1. The first kappa shape index (κ1) is 54.2. The SMILES string of the molecule is CCC1/C=C(\C)CC(C)CC(OC)C2OC(O)(C(=O)C(=O)N3CCCCC3C(=O)OC(C(C)=CC3CCC(OC(C)c4nc(-c5ccccc5)c[nH]4)C(OC)C3)C(C)C(O)CC1=O)C(C)CC2OC. The molecule has 1 aliphatic carbocycles. The molecule has 0 radical (unpaired) electrons. The standard InChI is InChI=1S/C54H79N3O12/c1-11-38-24-31(2)23-32(3)25-46(65-9)49-47(66-10)27-34(5)54(63,69-49)50(60)52(61)57-22-16-15-19-41(57)53(62)68-48(35(6)42(58)29-43(38)59)33(4)26-37-20-21-44(45(28-37)64-8)67-36(7)51-55-30-40(56-51)39-17-13-12-14-18-39/h12-14,17-18,24,26,30,32,34-38,41-42,44-49,58,63H,11,15-16,19-23,25,27-29H2,1-10H3,(H,55,56)/b31-24+,33-26?. The second kappa shape index (κ2) is 24.4. The number of fused-ring (bicyclic) bond motifs is 3. The van der Waals surface area contributed by atoms with Crippen LogP contribution in [0, 0.1) is 29.6 Å². The van der Waals surface area contributed by atoms with E-state index in [0.29, 0.717) is 50.5 Å². The third-order valence-corrected chi connectivity index (χ3v) is 15.3. The predicted molar refractivity (Wildman–Crippen MR) is 259 cm³/mol. The Morgan fingerprint density at radius 1 is 0.942 bits per heavy atom. The number of allylic oxidation sites excluding steroid dienone is 3. The van der Waals surface area contributed by atoms with Crippen LogP contribution in [-0.2, 0) is 47.6 Å². The summed E-state index contributed by atoms with van der Waals surface area (Å²) >= 11 is 0. The number of ether oxygens (including phenoxy) is 6. The number of aromatic amines is 1. The molecule has 1 amide bonds. The summed E-state index contributed by atoms with van der Waals surface area (Å²) in [4.78, 5) is 66.7. The van der Waals surface area contributed by atoms with Crippen molar-refractivity contribution in [3.63, 3.8) is 0 Å². The maximum Gasteiger partial charge on any atom is 0.329 e. The van der Waals surface area contributed by atoms with Gasteiger partial charge in [-0.2, -0.15) is 0 Å². The molecule has 3 fully saturated rings. The lowest BCUT2D eigenvalue weighted by atomic mass is 9.81. The van der Waals surface area contributed by atoms with E-state index in [9.17, 15) is 29.4 Å². The number of piperidine rings is 1. The summed E-state index contributed by atoms with van der Waals surface area (Å²) in [5.41, 5.74) is 3.52. The number of aromatic nitrogens is 2. The summed E-state index contributed by atoms with van der Waals surface area (Å²) in [5.74, 6) is -6.84. The first-order valence-corrected chi connectivity index (χ1v) is 25.3. The summed E-state index contributed by atoms with van der Waals surface area (Å²) in [5, 5.41) is 24.1. The number of hydrogen-bond acceptors (Lipinski definition) is 13. The van der Waals surface area contributed by atoms with Gasteiger partial charge in [-0.15, -0.1) is 0 Å². The van der Waals surface area contributed by atoms with Crippen LogP contribution in [0.4, 0.5) is 0 Å². The molecule has 2 saturated heterocycles. The van der Waals surface area contributed by atoms with Crippen molar-refractivity contribution in [2.75, 3.05) is 27.9 Å². The minimum Gasteiger partial charge on any atom is -0.456 e. The molecule has 69 heavy (non-hydrogen) atoms. The van der Waals surface area contributed by atoms with Crippen LogP contribution in [0.1, 0.15) is 131 Å². The van der Waals surface area contributed by atoms with Gasteiger partial charge in [0.05, 0.1) is 36.2 Å². The van der Waals surface area contributed by atoms with Crippen LogP contribution in [0.15, 0.2) is 59.8 Å². The number of nitrogens with one attached hydrogen (secondary N) is 1. The Morgan fingerprint density at radius 3 is 2.32 bits per heavy atom. The van der Waals surface area contributed by atoms with E-state index in [2.05, 4.69) is 18.0 Å². The number of rotatable bonds is 10. The number of cyclic esters (lactones) is 1. The number of Topliss-reactive ketones (excluding diaryl/α,β-unsaturated/α-hetero) is 2. The molecular formula is C54H79N3O12. The topological polar surface area (TPSA) is 196 Å². The fraction of sp³-hybridized carbons (Fsp3) is 0.685. The Labute approximate surface area is 409 Å². The van der Waals surface area contributed by atoms with Crippen molar-refractivity contribution >= 4 is 23.4 Å². The number of H-pyrrole nitrogens is 1. The first-order valence-electron chi connectivity index (χ1n) is 25.3. The van der Waals surface area contributed by atoms with Gasteiger partial charge in [-0.1, -0.05) is 75.8 Å². The summed E-state index contributed by atoms with van der Waals surface area (Å²) in [7, 11) is 4.75. The zero-order valence-corrected chi connectivity index (χ0v) is 42.6. The van der Waals surface area contributed by atoms with Crippen molar-refractivity contribution in [2.45, 2.75) is 180 Å². The largest absolute Gasteiger partial charge is 0.456 e. The van der Waals surface area contributed by atoms with E-state index in [1.165, 1.54) is 19.1 Å². The fourth-order valence-corrected chi connectivity index (χ4v) is 11.2. The van der Waals surface area contributed by atoms with Crippen LogP contribution in [0.2, 0.25) is 0 Å². The zero-order chi connectivity index (χ0) is 50.2. The number of methoxy groups -OCH3 is 3. The highest BCUT2D eigenvalue weighted by Crippen LogP contribution is 2.40. The first-order chi connectivity index (χ1) is 32.9. The normalized spacial score (nSPS) is 36.4. The zero-order valence-electron chi connectivity index (χ0n) is 42.6. The monoisotopic (exact) mass is 962 g/mol. The Kier molecular flexibility index (Phi) is 19.1. The van der Waals surface area contributed by atoms with Crippen molar-refractivity contribution < 1.29 is 57.8 Å². The third-order valence-electron chi connectivity index (χ3n) is 15.3. The Hall–Kier alpha value is -4.09. The number of amides is 1. The fourth-order valence-electron chi connectivity index (χ4n) is 11.2. The Balaban J connectivity index is 1.27. The number of ketones is 2. The molecule has 3 N–H and O–H groups in total. The Bertz CT molecular complexity index is 2110. The number of imidazole rings is 1. The van der Waals surface area contributed by atoms with Crippen LogP contribution >= 0.6 is 0 Å². The molecule has 1 aromatic carbocycles. The van der Waals surface area contributed by atoms with Crippen LogP contribution in [0.25, 0.3) is 11.3 Å². The van der Waals surface area contributed by atoms with Gasteiger partial charge in [0.15, 0.2) is 0 Å². The van der Waals surface area contributed by atoms with Crippen LogP contribution in [0.5, 0.6) is 0 Å². The average Bonchev–Trinajstić information content (AvgIpc) is 3.85. The van der Waals surface area contributed by atoms with Gasteiger partial charge in [0, 0.05) is 63.8 Å². The van der Waals surface area contributed by atoms with Gasteiger partial charge in [-0.05, 0) is 102 Å². The molecule has 15 unspecified atom stereocenters. The van der Waals surface area contributed by atoms with Crippen molar-refractivity contribution in [2.24, 2.45) is 29.6 Å². The molecule has 15 heteroatoms. The second-order valence-corrected chi connectivity index (χ2v) is 20.4. The lowest BCUT2D eigenvalue weighted by molar-refractivity contribution is -0.302. The smallest absolute Gasteiger partial charge is 0.329 e. The second-order valence-electron chi connectivity index (χ2n) is 20.4. The highest BCUT2D eigenvalue weighted by molar-refractivity contribution is 6.39. The van der Waals surface area contributed by atoms with E-state index in [-0.39, 0.29) is 61.7 Å². The molecule has 2 aromatic rings. The van der Waals surface area contributed by atoms with Gasteiger partial charge in [0.25, 0.3) is 11.7 Å². The van der Waals surface area contributed by atoms with Crippen molar-refractivity contribution in [1.82, 2.24) is 14.9 Å². The molecule has 4 aliphatic rings. The van der Waals surface area contributed by atoms with Gasteiger partial charge >= 0.3 is 5.97 Å². The number of hydrogen-bond donors (Lipinski definition) is 3. The molecule has 0 spiro atoms. The molecule has 6 rings (SSSR count). The third kappa shape index (κ3) is 12.9. The van der Waals surface area contributed by atoms with E-state index >= 15 is 0 Å². The van der Waals surface area contributed by atoms with E-state index in [4.69, 9.17) is 33.4 Å². The number of nitrogens with zero attached hydrogens (tertiary/aromatic N) is 2. The summed E-state index contributed by atoms with van der Waals surface area (Å²) in [6.45, 7) is 13.3. The lowest BCUT2D eigenvalue weighted by Gasteiger charge is -2.47. The number of benzene rings is 1. The number of carbonyl (C=O) groups excluding carboxylic acids is 4. The van der Waals surface area contributed by atoms with Gasteiger partial charge in [-0.3, -0.25) is 14.4 Å². The molecule has 2 bridgehead atoms. The molecule has 382 valence electrons. The molecule has 1 saturated carbocycles. The molecular weight excluding hydrogens is 883 g/mol. The van der Waals surface area contributed by atoms with Crippen LogP contribution in [-0.4, -0.2) is 131 Å². The summed E-state index contributed by atoms with van der Waals surface area (Å²) in [6, 6.07) is 8.80. The Morgan fingerprint density at radius 2 is 1.64 bits per heavy atom. The molecule has 3 aliphatic heterocycles. The maximum absolute atomic E-state index is 14.6. The van der Waals surface area contributed by atoms with Gasteiger partial charge < -0.3 is 48.5 Å². The molecule has 15 nitrogen and oxygen atoms in total. The van der Waals surface area contributed by atoms with Crippen LogP contribution < -0.4 is 0 Å². The number of aliphatic hydroxyl groups excluding tert-OH is 1. The minimum absolute atomic E-state index is 0.00367. The highest BCUT2D eigenvalue weighted by atomic mass is 16.7. The maximum atomic E-state index is 14.6. The lowest BCUT2D eigenvalue weighted by Crippen LogP contribution is -2.64. The summed E-state index contributed by atoms with van der Waals surface area (Å²) in [6.07, 6.45) is 5.99. The van der Waals surface area contributed by atoms with Crippen molar-refractivity contribution in [1.29, 1.82) is 0 Å². The van der Waals surface area contributed by atoms with Crippen LogP contribution in [0.3, 0.4) is 0 Å². The van der Waals surface area contributed by atoms with Gasteiger partial charge in [-0.25, -0.2) is 9.78 Å². The molecule has 4 heterocycles. The van der Waals surface area contributed by atoms with E-state index < -0.39 is 77.8 Å². The highest BCUT2D eigenvalue weighted by Gasteiger charge is 2.56. The predicted octanol–water partition coefficient (Wildman–Crippen LogP) is 7.65. The average molecular weight is 962 g/mol. The van der Waals surface area contributed by atoms with Gasteiger partial charge in [0.2, 0.25) is 5.79 Å². The van der Waals surface area contributed by atoms with E-state index in [0.717, 1.165) is 29.1 Å².